The number of hydrogen-bond donors (Lipinski definition) is 5. The van der Waals surface area contributed by atoms with Crippen molar-refractivity contribution in [1.29, 1.82) is 0 Å². The third-order valence-corrected chi connectivity index (χ3v) is 19.7. The maximum Gasteiger partial charge on any atom is 0.126 e. The average Bonchev–Trinajstić information content (AvgIpc) is 1.62. The summed E-state index contributed by atoms with van der Waals surface area (Å²) >= 11 is 0. The summed E-state index contributed by atoms with van der Waals surface area (Å²) in [5.74, 6) is 13.2. The maximum absolute atomic E-state index is 13.0. The van der Waals surface area contributed by atoms with Gasteiger partial charge in [0.1, 0.15) is 17.5 Å². The number of imidazole rings is 4. The molecule has 0 spiro atoms. The quantitative estimate of drug-likeness (QED) is 0.0545. The van der Waals surface area contributed by atoms with Crippen LogP contribution in [-0.2, 0) is 25.9 Å². The van der Waals surface area contributed by atoms with Crippen LogP contribution in [0.5, 0.6) is 0 Å². The van der Waals surface area contributed by atoms with E-state index in [1.165, 1.54) is 110 Å². The molecule has 0 unspecified atom stereocenters. The van der Waals surface area contributed by atoms with E-state index in [1.54, 1.807) is 48.5 Å². The summed E-state index contributed by atoms with van der Waals surface area (Å²) in [4.78, 5) is 32.1. The average molecular weight is 1580 g/mol. The van der Waals surface area contributed by atoms with Crippen LogP contribution >= 0.6 is 0 Å². The molecule has 5 heterocycles. The molecule has 11 heteroatoms. The van der Waals surface area contributed by atoms with Crippen LogP contribution in [0.15, 0.2) is 212 Å². The van der Waals surface area contributed by atoms with Crippen LogP contribution in [0.4, 0.5) is 4.39 Å². The Bertz CT molecular complexity index is 3610. The van der Waals surface area contributed by atoms with Gasteiger partial charge in [-0.05, 0) is 194 Å². The van der Waals surface area contributed by atoms with Crippen LogP contribution < -0.4 is 0 Å². The summed E-state index contributed by atoms with van der Waals surface area (Å²) in [5.41, 5.74) is 14.1. The lowest BCUT2D eigenvalue weighted by Gasteiger charge is -2.24. The second kappa shape index (κ2) is 63.4. The van der Waals surface area contributed by atoms with Gasteiger partial charge in [-0.15, -0.1) is 0 Å². The molecular formula is C104H166FN9O. The lowest BCUT2D eigenvalue weighted by molar-refractivity contribution is 0.279. The number of pyridine rings is 1. The van der Waals surface area contributed by atoms with Gasteiger partial charge in [-0.25, -0.2) is 24.3 Å². The molecule has 2 fully saturated rings. The molecule has 0 aliphatic heterocycles. The molecule has 640 valence electrons. The number of allylic oxidation sites excluding steroid dienone is 16. The van der Waals surface area contributed by atoms with Crippen molar-refractivity contribution in [1.82, 2.24) is 44.9 Å². The number of aryl methyl sites for hydroxylation is 1. The minimum absolute atomic E-state index is 0.0920. The second-order valence-electron chi connectivity index (χ2n) is 36.1. The van der Waals surface area contributed by atoms with E-state index in [1.807, 2.05) is 76.0 Å². The Morgan fingerprint density at radius 2 is 1.05 bits per heavy atom. The standard InChI is InChI=1S/C11H16O.C10H13F.2C9H14.C9H18.C8H11N.2C8H12.2C7H12N2.2C6H10N2.C6H12/c1-9(2)6-10-4-3-5-11(7-10)8-12;1-7(2)9-6-8(3)4-5-10(9)11;2*1-8(2)7-9-5-3-4-6-9;1-8(2)9-6-4-3-5-7-9;1-7(2)8-4-3-5-9-6-8;2*1-7(2)8-5-3-4-6-8;1-6(2)3-7-4-8-5-9-7;1-6(2)5-7-8-3-4-9-7;1-5(2)6-3-7-4-8-6;1-5(2)6-7-3-4-8-6;1-5(2)6-3-4-6/h3-5,7,9,12H,6,8H2,1-2H3;4-7H,1-3H3;3,5-6,8H,4,7H2,1-2H3;3-5,8H,6-7H2,1-2H3;8-9H,3-7H2,1-2H3;3-7H,1-2H3;3,5-7H,4H2,1-2H3;3-5,7H,6H2,1-2H3;4-6H,3H2,1-2H3,(H,8,9);3-4,6H,5H2,1-2H3,(H,8,9);2*3-5H,1-2H3,(H,7,8);5-6H,3-4H2,1-2H3. The molecule has 10 nitrogen and oxygen atoms in total. The summed E-state index contributed by atoms with van der Waals surface area (Å²) in [6, 6.07) is 17.4. The molecule has 2 saturated carbocycles. The molecule has 5 aromatic heterocycles. The monoisotopic (exact) mass is 1580 g/mol. The number of hydrogen-bond acceptors (Lipinski definition) is 6. The van der Waals surface area contributed by atoms with Crippen molar-refractivity contribution < 1.29 is 9.50 Å². The number of halogens is 1. The predicted octanol–water partition coefficient (Wildman–Crippen LogP) is 30.3. The number of nitrogens with zero attached hydrogens (tertiary/aromatic N) is 5. The van der Waals surface area contributed by atoms with E-state index in [4.69, 9.17) is 5.11 Å². The fourth-order valence-corrected chi connectivity index (χ4v) is 12.6. The Hall–Kier alpha value is -7.76. The first-order valence-electron chi connectivity index (χ1n) is 44.3. The van der Waals surface area contributed by atoms with Gasteiger partial charge in [0.25, 0.3) is 0 Å². The van der Waals surface area contributed by atoms with Gasteiger partial charge in [0.2, 0.25) is 0 Å². The Morgan fingerprint density at radius 3 is 1.42 bits per heavy atom. The van der Waals surface area contributed by atoms with Crippen molar-refractivity contribution in [3.05, 3.63) is 269 Å². The molecule has 7 aromatic rings. The first-order chi connectivity index (χ1) is 54.6. The zero-order valence-electron chi connectivity index (χ0n) is 77.6. The number of nitrogens with one attached hydrogen (secondary N) is 4. The summed E-state index contributed by atoms with van der Waals surface area (Å²) in [6.45, 7) is 59.4. The van der Waals surface area contributed by atoms with E-state index in [9.17, 15) is 4.39 Å². The van der Waals surface area contributed by atoms with Crippen molar-refractivity contribution in [2.45, 2.75) is 320 Å². The molecule has 0 bridgehead atoms. The lowest BCUT2D eigenvalue weighted by atomic mass is 9.82. The van der Waals surface area contributed by atoms with Crippen molar-refractivity contribution in [2.75, 3.05) is 0 Å². The summed E-state index contributed by atoms with van der Waals surface area (Å²) < 4.78 is 13.0. The minimum atomic E-state index is -0.0920. The normalized spacial score (nSPS) is 14.1. The molecule has 5 N–H and O–H groups in total. The van der Waals surface area contributed by atoms with Crippen LogP contribution in [0.25, 0.3) is 0 Å². The molecule has 0 amide bonds. The van der Waals surface area contributed by atoms with E-state index in [2.05, 4.69) is 302 Å². The highest BCUT2D eigenvalue weighted by Crippen LogP contribution is 2.36. The fourth-order valence-electron chi connectivity index (χ4n) is 12.6. The molecule has 6 aliphatic rings. The molecule has 115 heavy (non-hydrogen) atoms. The van der Waals surface area contributed by atoms with E-state index >= 15 is 0 Å². The molecule has 13 rings (SSSR count). The lowest BCUT2D eigenvalue weighted by Crippen LogP contribution is -2.12. The number of aromatic amines is 4. The van der Waals surface area contributed by atoms with Gasteiger partial charge in [0.05, 0.1) is 19.3 Å². The molecule has 6 aliphatic carbocycles. The first kappa shape index (κ1) is 105. The van der Waals surface area contributed by atoms with Gasteiger partial charge < -0.3 is 25.0 Å². The molecule has 0 radical (unpaired) electrons. The summed E-state index contributed by atoms with van der Waals surface area (Å²) in [7, 11) is 0. The van der Waals surface area contributed by atoms with Crippen molar-refractivity contribution in [3.8, 4) is 0 Å². The van der Waals surface area contributed by atoms with Gasteiger partial charge in [-0.1, -0.05) is 350 Å². The Balaban J connectivity index is 0.000000624. The van der Waals surface area contributed by atoms with Crippen molar-refractivity contribution in [3.63, 3.8) is 0 Å². The van der Waals surface area contributed by atoms with Gasteiger partial charge in [0, 0.05) is 73.3 Å². The second-order valence-corrected chi connectivity index (χ2v) is 36.1. The Labute approximate surface area is 704 Å². The topological polar surface area (TPSA) is 148 Å². The third-order valence-electron chi connectivity index (χ3n) is 19.7. The third kappa shape index (κ3) is 55.5. The van der Waals surface area contributed by atoms with Crippen LogP contribution in [0, 0.1) is 77.8 Å². The summed E-state index contributed by atoms with van der Waals surface area (Å²) in [6.07, 6.45) is 65.6. The first-order valence-corrected chi connectivity index (χ1v) is 44.3. The highest BCUT2D eigenvalue weighted by Gasteiger charge is 2.24. The maximum atomic E-state index is 13.0. The highest BCUT2D eigenvalue weighted by molar-refractivity contribution is 5.29. The van der Waals surface area contributed by atoms with Gasteiger partial charge in [-0.2, -0.15) is 0 Å². The van der Waals surface area contributed by atoms with Gasteiger partial charge in [-0.3, -0.25) is 4.98 Å². The predicted molar refractivity (Wildman–Crippen MR) is 499 cm³/mol. The van der Waals surface area contributed by atoms with Crippen molar-refractivity contribution >= 4 is 0 Å². The highest BCUT2D eigenvalue weighted by atomic mass is 19.1. The van der Waals surface area contributed by atoms with E-state index < -0.39 is 0 Å². The fraction of sp³-hybridized carbons (Fsp3) is 0.567. The minimum Gasteiger partial charge on any atom is -0.392 e. The van der Waals surface area contributed by atoms with Crippen molar-refractivity contribution in [2.24, 2.45) is 65.1 Å². The zero-order chi connectivity index (χ0) is 86.0. The van der Waals surface area contributed by atoms with E-state index in [0.717, 1.165) is 102 Å². The number of H-pyrrole nitrogens is 4. The summed E-state index contributed by atoms with van der Waals surface area (Å²) in [5, 5.41) is 8.90. The SMILES string of the molecule is CC(C)C1=CC=CC1.CC(C)C1=CCC=C1.CC(C)C1CC1.CC(C)C1CCCCC1.CC(C)CC1=CC=CC1.CC(C)CC1=CCC=C1.CC(C)Cc1cccc(CO)c1.CC(C)Cc1cnc[nH]1.CC(C)Cc1ncc[nH]1.CC(C)c1cccnc1.CC(C)c1cnc[nH]1.CC(C)c1ncc[nH]1.Cc1ccc(F)c(C(C)C)c1. The van der Waals surface area contributed by atoms with Crippen LogP contribution in [0.3, 0.4) is 0 Å². The largest absolute Gasteiger partial charge is 0.392 e. The molecular weight excluding hydrogens is 1410 g/mol. The van der Waals surface area contributed by atoms with Crippen LogP contribution in [0.1, 0.15) is 338 Å². The van der Waals surface area contributed by atoms with Gasteiger partial charge in [0.15, 0.2) is 0 Å². The zero-order valence-corrected chi connectivity index (χ0v) is 77.6. The number of aliphatic hydroxyl groups is 1. The number of aromatic nitrogens is 9. The molecule has 2 aromatic carbocycles. The number of benzene rings is 2. The molecule has 0 atom stereocenters. The van der Waals surface area contributed by atoms with Crippen LogP contribution in [-0.4, -0.2) is 50.0 Å². The van der Waals surface area contributed by atoms with Crippen LogP contribution in [0.2, 0.25) is 0 Å². The Kier molecular flexibility index (Phi) is 58.0. The number of rotatable bonds is 19. The smallest absolute Gasteiger partial charge is 0.126 e. The van der Waals surface area contributed by atoms with Gasteiger partial charge >= 0.3 is 0 Å². The van der Waals surface area contributed by atoms with E-state index in [-0.39, 0.29) is 18.3 Å². The number of aliphatic hydroxyl groups excluding tert-OH is 1. The Morgan fingerprint density at radius 1 is 0.461 bits per heavy atom. The molecule has 0 saturated heterocycles. The van der Waals surface area contributed by atoms with E-state index in [0.29, 0.717) is 41.4 Å².